The smallest absolute Gasteiger partial charge is 0.290 e. The van der Waals surface area contributed by atoms with Crippen molar-refractivity contribution in [3.8, 4) is 11.5 Å². The third kappa shape index (κ3) is 9.09. The average molecular weight is 509 g/mol. The molecule has 0 radical (unpaired) electrons. The maximum atomic E-state index is 10.6. The number of hydrogen-bond acceptors (Lipinski definition) is 8. The number of rotatable bonds is 9. The number of aliphatic hydroxyl groups excluding tert-OH is 1. The van der Waals surface area contributed by atoms with Crippen molar-refractivity contribution in [2.75, 3.05) is 53.6 Å². The number of carboxylic acid groups (broad SMARTS) is 2. The number of hydrogen-bond donors (Lipinski definition) is 3. The number of ether oxygens (including phenoxy) is 3. The fourth-order valence-corrected chi connectivity index (χ4v) is 5.36. The van der Waals surface area contributed by atoms with E-state index in [1.54, 1.807) is 7.11 Å². The van der Waals surface area contributed by atoms with Gasteiger partial charge in [-0.1, -0.05) is 18.2 Å². The summed E-state index contributed by atoms with van der Waals surface area (Å²) >= 11 is 0. The Hall–Kier alpha value is -2.66. The van der Waals surface area contributed by atoms with Crippen molar-refractivity contribution in [1.29, 1.82) is 0 Å². The molecule has 0 spiro atoms. The van der Waals surface area contributed by atoms with Gasteiger partial charge in [0.25, 0.3) is 12.9 Å². The van der Waals surface area contributed by atoms with Gasteiger partial charge in [-0.15, -0.1) is 0 Å². The van der Waals surface area contributed by atoms with Gasteiger partial charge < -0.3 is 29.5 Å². The van der Waals surface area contributed by atoms with E-state index < -0.39 is 6.10 Å². The summed E-state index contributed by atoms with van der Waals surface area (Å²) in [6.45, 7) is 5.43. The third-order valence-corrected chi connectivity index (χ3v) is 6.77. The SMILES string of the molecule is COc1cc(CN2CC=CCC2)ccc1OCC(O)CN1C[C@H]2CC[C@@H](C1)C2OC.O=CO.O=CO. The molecule has 10 nitrogen and oxygen atoms in total. The van der Waals surface area contributed by atoms with Crippen LogP contribution in [0.1, 0.15) is 24.8 Å². The predicted molar refractivity (Wildman–Crippen MR) is 134 cm³/mol. The molecule has 3 aliphatic rings. The van der Waals surface area contributed by atoms with Crippen molar-refractivity contribution in [2.45, 2.75) is 38.0 Å². The molecule has 4 rings (SSSR count). The molecule has 1 aliphatic carbocycles. The van der Waals surface area contributed by atoms with Crippen molar-refractivity contribution in [3.63, 3.8) is 0 Å². The highest BCUT2D eigenvalue weighted by Gasteiger charge is 2.42. The minimum absolute atomic E-state index is 0.250. The summed E-state index contributed by atoms with van der Waals surface area (Å²) in [4.78, 5) is 21.5. The zero-order valence-corrected chi connectivity index (χ0v) is 21.2. The summed E-state index contributed by atoms with van der Waals surface area (Å²) in [5, 5.41) is 24.3. The van der Waals surface area contributed by atoms with Gasteiger partial charge in [0.15, 0.2) is 11.5 Å². The molecule has 1 aromatic rings. The summed E-state index contributed by atoms with van der Waals surface area (Å²) < 4.78 is 17.2. The second-order valence-electron chi connectivity index (χ2n) is 9.17. The maximum Gasteiger partial charge on any atom is 0.290 e. The van der Waals surface area contributed by atoms with E-state index in [9.17, 15) is 5.11 Å². The Bertz CT molecular complexity index is 801. The predicted octanol–water partition coefficient (Wildman–Crippen LogP) is 1.96. The Morgan fingerprint density at radius 1 is 1.03 bits per heavy atom. The molecule has 4 atom stereocenters. The van der Waals surface area contributed by atoms with Gasteiger partial charge in [0.2, 0.25) is 0 Å². The number of likely N-dealkylation sites (tertiary alicyclic amines) is 1. The van der Waals surface area contributed by atoms with Gasteiger partial charge in [-0.2, -0.15) is 0 Å². The monoisotopic (exact) mass is 508 g/mol. The second kappa shape index (κ2) is 16.2. The van der Waals surface area contributed by atoms with Gasteiger partial charge in [-0.3, -0.25) is 19.4 Å². The van der Waals surface area contributed by atoms with E-state index in [2.05, 4.69) is 28.0 Å². The molecule has 2 unspecified atom stereocenters. The normalized spacial score (nSPS) is 23.9. The van der Waals surface area contributed by atoms with E-state index in [-0.39, 0.29) is 19.6 Å². The van der Waals surface area contributed by atoms with Crippen LogP contribution in [0.25, 0.3) is 0 Å². The Morgan fingerprint density at radius 3 is 2.25 bits per heavy atom. The number of nitrogens with zero attached hydrogens (tertiary/aromatic N) is 2. The van der Waals surface area contributed by atoms with E-state index in [1.807, 2.05) is 19.2 Å². The van der Waals surface area contributed by atoms with E-state index in [1.165, 1.54) is 18.4 Å². The first-order chi connectivity index (χ1) is 17.5. The molecule has 0 amide bonds. The lowest BCUT2D eigenvalue weighted by molar-refractivity contribution is -0.123. The molecule has 2 fully saturated rings. The summed E-state index contributed by atoms with van der Waals surface area (Å²) in [6, 6.07) is 6.11. The highest BCUT2D eigenvalue weighted by atomic mass is 16.5. The molecule has 2 bridgehead atoms. The molecule has 1 saturated heterocycles. The first kappa shape index (κ1) is 29.6. The van der Waals surface area contributed by atoms with Crippen LogP contribution >= 0.6 is 0 Å². The highest BCUT2D eigenvalue weighted by molar-refractivity contribution is 5.43. The van der Waals surface area contributed by atoms with E-state index in [0.717, 1.165) is 44.9 Å². The molecular weight excluding hydrogens is 468 g/mol. The number of benzene rings is 1. The maximum absolute atomic E-state index is 10.6. The fraction of sp³-hybridized carbons (Fsp3) is 0.615. The number of methoxy groups -OCH3 is 2. The van der Waals surface area contributed by atoms with E-state index in [0.29, 0.717) is 30.2 Å². The van der Waals surface area contributed by atoms with Crippen molar-refractivity contribution >= 4 is 12.9 Å². The largest absolute Gasteiger partial charge is 0.493 e. The third-order valence-electron chi connectivity index (χ3n) is 6.77. The molecule has 0 aromatic heterocycles. The van der Waals surface area contributed by atoms with Crippen molar-refractivity contribution < 1.29 is 39.1 Å². The van der Waals surface area contributed by atoms with Gasteiger partial charge in [0, 0.05) is 46.4 Å². The van der Waals surface area contributed by atoms with Crippen LogP contribution in [0.2, 0.25) is 0 Å². The first-order valence-corrected chi connectivity index (χ1v) is 12.3. The van der Waals surface area contributed by atoms with Crippen LogP contribution in [0, 0.1) is 11.8 Å². The van der Waals surface area contributed by atoms with Gasteiger partial charge in [-0.25, -0.2) is 0 Å². The topological polar surface area (TPSA) is 129 Å². The van der Waals surface area contributed by atoms with Gasteiger partial charge in [0.1, 0.15) is 12.7 Å². The molecule has 36 heavy (non-hydrogen) atoms. The minimum atomic E-state index is -0.520. The number of piperidine rings is 1. The summed E-state index contributed by atoms with van der Waals surface area (Å²) in [5.41, 5.74) is 1.21. The zero-order chi connectivity index (χ0) is 26.3. The molecule has 202 valence electrons. The average Bonchev–Trinajstić information content (AvgIpc) is 3.13. The van der Waals surface area contributed by atoms with Crippen LogP contribution in [-0.4, -0.2) is 104 Å². The molecule has 1 aromatic carbocycles. The summed E-state index contributed by atoms with van der Waals surface area (Å²) in [5.74, 6) is 2.62. The molecule has 10 heteroatoms. The van der Waals surface area contributed by atoms with Crippen molar-refractivity contribution in [3.05, 3.63) is 35.9 Å². The zero-order valence-electron chi connectivity index (χ0n) is 21.2. The van der Waals surface area contributed by atoms with E-state index >= 15 is 0 Å². The second-order valence-corrected chi connectivity index (χ2v) is 9.17. The number of aliphatic hydroxyl groups is 1. The van der Waals surface area contributed by atoms with Crippen LogP contribution in [0.5, 0.6) is 11.5 Å². The van der Waals surface area contributed by atoms with Gasteiger partial charge in [-0.05, 0) is 48.8 Å². The Kier molecular flexibility index (Phi) is 13.3. The van der Waals surface area contributed by atoms with Crippen LogP contribution in [0.15, 0.2) is 30.4 Å². The Labute approximate surface area is 213 Å². The quantitative estimate of drug-likeness (QED) is 0.336. The molecule has 3 N–H and O–H groups in total. The lowest BCUT2D eigenvalue weighted by Gasteiger charge is -2.38. The standard InChI is InChI=1S/C24H36N2O4.2CH2O2/c1-28-23-12-18(13-25-10-4-3-5-11-25)6-9-22(23)30-17-21(27)16-26-14-19-7-8-20(15-26)24(19)29-2;2*2-1-3/h3-4,6,9,12,19-21,24,27H,5,7-8,10-11,13-17H2,1-2H3;2*1H,(H,2,3)/t19-,20+,21?,24?;;. The Balaban J connectivity index is 0.000000693. The van der Waals surface area contributed by atoms with Crippen LogP contribution < -0.4 is 9.47 Å². The highest BCUT2D eigenvalue weighted by Crippen LogP contribution is 2.38. The number of β-amino-alcohol motifs (C(OH)–C–C–N with tert-alkyl or cyclic N) is 1. The van der Waals surface area contributed by atoms with Crippen LogP contribution in [0.4, 0.5) is 0 Å². The minimum Gasteiger partial charge on any atom is -0.493 e. The molecule has 1 saturated carbocycles. The molecule has 2 aliphatic heterocycles. The van der Waals surface area contributed by atoms with Crippen molar-refractivity contribution in [1.82, 2.24) is 9.80 Å². The Morgan fingerprint density at radius 2 is 1.69 bits per heavy atom. The van der Waals surface area contributed by atoms with E-state index in [4.69, 9.17) is 34.0 Å². The number of carbonyl (C=O) groups is 2. The lowest BCUT2D eigenvalue weighted by atomic mass is 9.94. The molecular formula is C26H40N2O8. The van der Waals surface area contributed by atoms with Gasteiger partial charge in [0.05, 0.1) is 13.2 Å². The lowest BCUT2D eigenvalue weighted by Crippen LogP contribution is -2.48. The summed E-state index contributed by atoms with van der Waals surface area (Å²) in [7, 11) is 3.50. The van der Waals surface area contributed by atoms with Crippen molar-refractivity contribution in [2.24, 2.45) is 11.8 Å². The summed E-state index contributed by atoms with van der Waals surface area (Å²) in [6.07, 6.45) is 7.94. The molecule has 2 heterocycles. The van der Waals surface area contributed by atoms with Gasteiger partial charge >= 0.3 is 0 Å². The van der Waals surface area contributed by atoms with Crippen LogP contribution in [-0.2, 0) is 20.9 Å². The number of fused-ring (bicyclic) bond motifs is 2. The first-order valence-electron chi connectivity index (χ1n) is 12.3. The fourth-order valence-electron chi connectivity index (χ4n) is 5.36. The van der Waals surface area contributed by atoms with Crippen LogP contribution in [0.3, 0.4) is 0 Å².